The van der Waals surface area contributed by atoms with Crippen molar-refractivity contribution >= 4 is 5.69 Å². The van der Waals surface area contributed by atoms with Crippen LogP contribution in [0.5, 0.6) is 5.75 Å². The molecule has 1 fully saturated rings. The van der Waals surface area contributed by atoms with Crippen molar-refractivity contribution in [2.45, 2.75) is 39.3 Å². The van der Waals surface area contributed by atoms with Crippen LogP contribution in [0.15, 0.2) is 18.2 Å². The first-order chi connectivity index (χ1) is 8.60. The minimum atomic E-state index is 0.709. The summed E-state index contributed by atoms with van der Waals surface area (Å²) in [5.74, 6) is 1.47. The van der Waals surface area contributed by atoms with Crippen LogP contribution in [0.3, 0.4) is 0 Å². The number of ether oxygens (including phenoxy) is 1. The van der Waals surface area contributed by atoms with E-state index in [1.165, 1.54) is 18.4 Å². The van der Waals surface area contributed by atoms with Crippen molar-refractivity contribution in [1.29, 1.82) is 0 Å². The van der Waals surface area contributed by atoms with Crippen LogP contribution in [0, 0.1) is 5.92 Å². The average Bonchev–Trinajstić information content (AvgIpc) is 3.11. The number of nitrogen functional groups attached to an aromatic ring is 1. The molecule has 0 amide bonds. The third kappa shape index (κ3) is 3.39. The molecule has 0 aromatic heterocycles. The molecule has 1 aromatic carbocycles. The highest BCUT2D eigenvalue weighted by molar-refractivity contribution is 5.54. The zero-order valence-electron chi connectivity index (χ0n) is 11.6. The van der Waals surface area contributed by atoms with Crippen molar-refractivity contribution in [3.63, 3.8) is 0 Å². The highest BCUT2D eigenvalue weighted by atomic mass is 16.5. The van der Waals surface area contributed by atoms with Crippen molar-refractivity contribution in [3.8, 4) is 5.75 Å². The van der Waals surface area contributed by atoms with Gasteiger partial charge in [-0.05, 0) is 36.5 Å². The van der Waals surface area contributed by atoms with Gasteiger partial charge in [-0.1, -0.05) is 19.9 Å². The molecule has 3 nitrogen and oxygen atoms in total. The van der Waals surface area contributed by atoms with Crippen molar-refractivity contribution < 1.29 is 4.74 Å². The van der Waals surface area contributed by atoms with E-state index in [4.69, 9.17) is 10.5 Å². The number of benzene rings is 1. The van der Waals surface area contributed by atoms with Crippen molar-refractivity contribution in [3.05, 3.63) is 23.8 Å². The molecule has 2 rings (SSSR count). The summed E-state index contributed by atoms with van der Waals surface area (Å²) in [6, 6.07) is 6.90. The Kier molecular flexibility index (Phi) is 4.12. The van der Waals surface area contributed by atoms with Gasteiger partial charge < -0.3 is 10.5 Å². The number of nitrogens with zero attached hydrogens (tertiary/aromatic N) is 1. The van der Waals surface area contributed by atoms with Gasteiger partial charge in [-0.2, -0.15) is 0 Å². The van der Waals surface area contributed by atoms with Crippen LogP contribution >= 0.6 is 0 Å². The minimum Gasteiger partial charge on any atom is -0.495 e. The summed E-state index contributed by atoms with van der Waals surface area (Å²) in [6.07, 6.45) is 2.69. The quantitative estimate of drug-likeness (QED) is 0.787. The summed E-state index contributed by atoms with van der Waals surface area (Å²) < 4.78 is 5.19. The fourth-order valence-corrected chi connectivity index (χ4v) is 2.37. The molecule has 1 aliphatic carbocycles. The van der Waals surface area contributed by atoms with Gasteiger partial charge in [0, 0.05) is 19.1 Å². The van der Waals surface area contributed by atoms with Crippen LogP contribution in [0.4, 0.5) is 5.69 Å². The number of nitrogens with two attached hydrogens (primary N) is 1. The van der Waals surface area contributed by atoms with E-state index in [-0.39, 0.29) is 0 Å². The van der Waals surface area contributed by atoms with E-state index >= 15 is 0 Å². The van der Waals surface area contributed by atoms with Crippen LogP contribution in [0.25, 0.3) is 0 Å². The van der Waals surface area contributed by atoms with Crippen LogP contribution in [-0.4, -0.2) is 24.6 Å². The largest absolute Gasteiger partial charge is 0.495 e. The Labute approximate surface area is 110 Å². The number of hydrogen-bond acceptors (Lipinski definition) is 3. The Bertz CT molecular complexity index is 399. The molecule has 0 spiro atoms. The highest BCUT2D eigenvalue weighted by Crippen LogP contribution is 2.30. The van der Waals surface area contributed by atoms with Crippen LogP contribution in [-0.2, 0) is 6.54 Å². The van der Waals surface area contributed by atoms with Gasteiger partial charge in [-0.3, -0.25) is 4.90 Å². The first kappa shape index (κ1) is 13.2. The van der Waals surface area contributed by atoms with Gasteiger partial charge in [-0.15, -0.1) is 0 Å². The van der Waals surface area contributed by atoms with Crippen LogP contribution in [0.2, 0.25) is 0 Å². The maximum absolute atomic E-state index is 5.96. The van der Waals surface area contributed by atoms with Crippen LogP contribution < -0.4 is 10.5 Å². The molecule has 1 saturated carbocycles. The standard InChI is InChI=1S/C15H24N2O/c1-11(2)9-17(13-5-6-13)10-12-4-7-15(18-3)14(16)8-12/h4,7-8,11,13H,5-6,9-10,16H2,1-3H3. The van der Waals surface area contributed by atoms with Crippen molar-refractivity contribution in [2.75, 3.05) is 19.4 Å². The Balaban J connectivity index is 2.04. The lowest BCUT2D eigenvalue weighted by Crippen LogP contribution is -2.29. The molecule has 100 valence electrons. The molecule has 1 aliphatic rings. The Hall–Kier alpha value is -1.22. The molecule has 3 heteroatoms. The summed E-state index contributed by atoms with van der Waals surface area (Å²) in [7, 11) is 1.65. The predicted octanol–water partition coefficient (Wildman–Crippen LogP) is 2.90. The topological polar surface area (TPSA) is 38.5 Å². The normalized spacial score (nSPS) is 15.4. The van der Waals surface area contributed by atoms with Gasteiger partial charge in [0.15, 0.2) is 0 Å². The molecule has 0 atom stereocenters. The third-order valence-electron chi connectivity index (χ3n) is 3.34. The minimum absolute atomic E-state index is 0.709. The Morgan fingerprint density at radius 1 is 1.39 bits per heavy atom. The Morgan fingerprint density at radius 2 is 2.11 bits per heavy atom. The van der Waals surface area contributed by atoms with Gasteiger partial charge >= 0.3 is 0 Å². The zero-order valence-corrected chi connectivity index (χ0v) is 11.6. The number of rotatable bonds is 6. The van der Waals surface area contributed by atoms with E-state index in [1.54, 1.807) is 7.11 Å². The van der Waals surface area contributed by atoms with E-state index in [9.17, 15) is 0 Å². The summed E-state index contributed by atoms with van der Waals surface area (Å²) in [5, 5.41) is 0. The molecule has 2 N–H and O–H groups in total. The van der Waals surface area contributed by atoms with E-state index in [2.05, 4.69) is 24.8 Å². The summed E-state index contributed by atoms with van der Waals surface area (Å²) in [5.41, 5.74) is 7.97. The molecular weight excluding hydrogens is 224 g/mol. The lowest BCUT2D eigenvalue weighted by Gasteiger charge is -2.24. The first-order valence-corrected chi connectivity index (χ1v) is 6.76. The maximum atomic E-state index is 5.96. The lowest BCUT2D eigenvalue weighted by molar-refractivity contribution is 0.226. The van der Waals surface area contributed by atoms with Crippen molar-refractivity contribution in [1.82, 2.24) is 4.90 Å². The maximum Gasteiger partial charge on any atom is 0.141 e. The molecule has 0 bridgehead atoms. The molecule has 0 unspecified atom stereocenters. The van der Waals surface area contributed by atoms with Gasteiger partial charge in [0.1, 0.15) is 5.75 Å². The second-order valence-corrected chi connectivity index (χ2v) is 5.63. The van der Waals surface area contributed by atoms with Gasteiger partial charge in [0.05, 0.1) is 12.8 Å². The highest BCUT2D eigenvalue weighted by Gasteiger charge is 2.29. The fourth-order valence-electron chi connectivity index (χ4n) is 2.37. The SMILES string of the molecule is COc1ccc(CN(CC(C)C)C2CC2)cc1N. The summed E-state index contributed by atoms with van der Waals surface area (Å²) >= 11 is 0. The lowest BCUT2D eigenvalue weighted by atomic mass is 10.1. The number of hydrogen-bond donors (Lipinski definition) is 1. The predicted molar refractivity (Wildman–Crippen MR) is 75.7 cm³/mol. The molecule has 0 saturated heterocycles. The molecule has 0 radical (unpaired) electrons. The molecule has 0 heterocycles. The van der Waals surface area contributed by atoms with Crippen LogP contribution in [0.1, 0.15) is 32.3 Å². The second-order valence-electron chi connectivity index (χ2n) is 5.63. The van der Waals surface area contributed by atoms with E-state index in [0.29, 0.717) is 5.92 Å². The number of methoxy groups -OCH3 is 1. The first-order valence-electron chi connectivity index (χ1n) is 6.76. The second kappa shape index (κ2) is 5.61. The van der Waals surface area contributed by atoms with Gasteiger partial charge in [0.25, 0.3) is 0 Å². The van der Waals surface area contributed by atoms with E-state index < -0.39 is 0 Å². The summed E-state index contributed by atoms with van der Waals surface area (Å²) in [4.78, 5) is 2.58. The van der Waals surface area contributed by atoms with Crippen molar-refractivity contribution in [2.24, 2.45) is 5.92 Å². The zero-order chi connectivity index (χ0) is 13.1. The smallest absolute Gasteiger partial charge is 0.141 e. The van der Waals surface area contributed by atoms with E-state index in [0.717, 1.165) is 30.6 Å². The average molecular weight is 248 g/mol. The third-order valence-corrected chi connectivity index (χ3v) is 3.34. The fraction of sp³-hybridized carbons (Fsp3) is 0.600. The molecule has 18 heavy (non-hydrogen) atoms. The molecular formula is C15H24N2O. The van der Waals surface area contributed by atoms with Gasteiger partial charge in [-0.25, -0.2) is 0 Å². The monoisotopic (exact) mass is 248 g/mol. The van der Waals surface area contributed by atoms with Gasteiger partial charge in [0.2, 0.25) is 0 Å². The number of anilines is 1. The summed E-state index contributed by atoms with van der Waals surface area (Å²) in [6.45, 7) is 6.71. The molecule has 1 aromatic rings. The molecule has 0 aliphatic heterocycles. The Morgan fingerprint density at radius 3 is 2.61 bits per heavy atom. The van der Waals surface area contributed by atoms with E-state index in [1.807, 2.05) is 12.1 Å².